The summed E-state index contributed by atoms with van der Waals surface area (Å²) in [4.78, 5) is 14.0. The molecule has 1 unspecified atom stereocenters. The second-order valence-electron chi connectivity index (χ2n) is 5.95. The van der Waals surface area contributed by atoms with Gasteiger partial charge in [-0.05, 0) is 18.8 Å². The zero-order valence-electron chi connectivity index (χ0n) is 14.8. The van der Waals surface area contributed by atoms with E-state index in [1.165, 1.54) is 0 Å². The average molecular weight is 347 g/mol. The van der Waals surface area contributed by atoms with Crippen molar-refractivity contribution in [1.29, 1.82) is 5.26 Å². The van der Waals surface area contributed by atoms with E-state index in [4.69, 9.17) is 19.5 Å². The summed E-state index contributed by atoms with van der Waals surface area (Å²) in [6, 6.07) is 7.38. The van der Waals surface area contributed by atoms with Gasteiger partial charge in [-0.2, -0.15) is 5.26 Å². The summed E-state index contributed by atoms with van der Waals surface area (Å²) in [5.41, 5.74) is 0. The molecule has 0 spiro atoms. The smallest absolute Gasteiger partial charge is 0.317 e. The summed E-state index contributed by atoms with van der Waals surface area (Å²) < 4.78 is 16.0. The molecule has 1 fully saturated rings. The van der Waals surface area contributed by atoms with E-state index in [0.717, 1.165) is 19.4 Å². The number of carbonyl (C=O) groups is 1. The number of nitrogens with one attached hydrogen (secondary N) is 1. The first-order chi connectivity index (χ1) is 12.2. The van der Waals surface area contributed by atoms with E-state index in [2.05, 4.69) is 11.4 Å². The van der Waals surface area contributed by atoms with Crippen molar-refractivity contribution in [2.24, 2.45) is 5.92 Å². The van der Waals surface area contributed by atoms with Crippen LogP contribution < -0.4 is 19.5 Å². The third kappa shape index (κ3) is 5.75. The molecule has 2 rings (SSSR count). The van der Waals surface area contributed by atoms with Gasteiger partial charge in [-0.15, -0.1) is 0 Å². The number of hydrogen-bond donors (Lipinski definition) is 1. The van der Waals surface area contributed by atoms with Crippen LogP contribution in [-0.4, -0.2) is 51.4 Å². The molecule has 0 saturated carbocycles. The van der Waals surface area contributed by atoms with Gasteiger partial charge in [0.25, 0.3) is 0 Å². The highest BCUT2D eigenvalue weighted by Crippen LogP contribution is 2.27. The lowest BCUT2D eigenvalue weighted by molar-refractivity contribution is 0.164. The van der Waals surface area contributed by atoms with Gasteiger partial charge in [-0.3, -0.25) is 0 Å². The molecule has 0 radical (unpaired) electrons. The number of amides is 2. The van der Waals surface area contributed by atoms with Crippen molar-refractivity contribution in [3.8, 4) is 23.3 Å². The molecule has 1 atom stereocenters. The molecule has 136 valence electrons. The number of piperidine rings is 1. The molecule has 25 heavy (non-hydrogen) atoms. The molecule has 1 saturated heterocycles. The SMILES string of the molecule is COc1cc(OC)cc(OCCNC(=O)N2CCCC(CC#N)C2)c1. The fourth-order valence-electron chi connectivity index (χ4n) is 2.85. The third-order valence-electron chi connectivity index (χ3n) is 4.16. The van der Waals surface area contributed by atoms with Crippen molar-refractivity contribution >= 4 is 6.03 Å². The lowest BCUT2D eigenvalue weighted by atomic mass is 9.96. The highest BCUT2D eigenvalue weighted by molar-refractivity contribution is 5.74. The maximum atomic E-state index is 12.2. The van der Waals surface area contributed by atoms with Crippen molar-refractivity contribution in [2.45, 2.75) is 19.3 Å². The molecule has 7 nitrogen and oxygen atoms in total. The number of nitriles is 1. The van der Waals surface area contributed by atoms with Crippen LogP contribution in [0.1, 0.15) is 19.3 Å². The second-order valence-corrected chi connectivity index (χ2v) is 5.95. The highest BCUT2D eigenvalue weighted by atomic mass is 16.5. The number of benzene rings is 1. The first-order valence-electron chi connectivity index (χ1n) is 8.42. The zero-order chi connectivity index (χ0) is 18.1. The summed E-state index contributed by atoms with van der Waals surface area (Å²) >= 11 is 0. The van der Waals surface area contributed by atoms with Crippen LogP contribution in [-0.2, 0) is 0 Å². The molecule has 2 amide bonds. The molecule has 0 aromatic heterocycles. The van der Waals surface area contributed by atoms with Gasteiger partial charge in [0.1, 0.15) is 23.9 Å². The van der Waals surface area contributed by atoms with Crippen LogP contribution in [0.2, 0.25) is 0 Å². The topological polar surface area (TPSA) is 83.8 Å². The molecule has 1 aliphatic heterocycles. The lowest BCUT2D eigenvalue weighted by Gasteiger charge is -2.31. The number of urea groups is 1. The normalized spacial score (nSPS) is 16.7. The maximum absolute atomic E-state index is 12.2. The Hall–Kier alpha value is -2.62. The maximum Gasteiger partial charge on any atom is 0.317 e. The van der Waals surface area contributed by atoms with Crippen LogP contribution in [0, 0.1) is 17.2 Å². The Morgan fingerprint density at radius 1 is 1.28 bits per heavy atom. The molecular formula is C18H25N3O4. The molecular weight excluding hydrogens is 322 g/mol. The predicted octanol–water partition coefficient (Wildman–Crippen LogP) is 2.42. The molecule has 7 heteroatoms. The fraction of sp³-hybridized carbons (Fsp3) is 0.556. The summed E-state index contributed by atoms with van der Waals surface area (Å²) in [6.07, 6.45) is 2.46. The lowest BCUT2D eigenvalue weighted by Crippen LogP contribution is -2.46. The quantitative estimate of drug-likeness (QED) is 0.766. The first kappa shape index (κ1) is 18.7. The van der Waals surface area contributed by atoms with Gasteiger partial charge in [0.15, 0.2) is 0 Å². The van der Waals surface area contributed by atoms with E-state index in [0.29, 0.717) is 43.4 Å². The third-order valence-corrected chi connectivity index (χ3v) is 4.16. The van der Waals surface area contributed by atoms with Crippen molar-refractivity contribution in [2.75, 3.05) is 40.5 Å². The van der Waals surface area contributed by atoms with Crippen LogP contribution in [0.3, 0.4) is 0 Å². The van der Waals surface area contributed by atoms with Crippen LogP contribution in [0.25, 0.3) is 0 Å². The number of rotatable bonds is 7. The van der Waals surface area contributed by atoms with Crippen molar-refractivity contribution < 1.29 is 19.0 Å². The summed E-state index contributed by atoms with van der Waals surface area (Å²) in [5, 5.41) is 11.7. The van der Waals surface area contributed by atoms with Gasteiger partial charge in [0.2, 0.25) is 0 Å². The fourth-order valence-corrected chi connectivity index (χ4v) is 2.85. The Balaban J connectivity index is 1.75. The predicted molar refractivity (Wildman–Crippen MR) is 93.0 cm³/mol. The minimum absolute atomic E-state index is 0.102. The van der Waals surface area contributed by atoms with E-state index in [-0.39, 0.29) is 11.9 Å². The van der Waals surface area contributed by atoms with Crippen LogP contribution >= 0.6 is 0 Å². The largest absolute Gasteiger partial charge is 0.496 e. The van der Waals surface area contributed by atoms with Gasteiger partial charge in [-0.25, -0.2) is 4.79 Å². The van der Waals surface area contributed by atoms with Crippen molar-refractivity contribution in [3.63, 3.8) is 0 Å². The number of likely N-dealkylation sites (tertiary alicyclic amines) is 1. The van der Waals surface area contributed by atoms with Crippen LogP contribution in [0.5, 0.6) is 17.2 Å². The number of ether oxygens (including phenoxy) is 3. The van der Waals surface area contributed by atoms with E-state index >= 15 is 0 Å². The average Bonchev–Trinajstić information content (AvgIpc) is 2.65. The molecule has 1 heterocycles. The van der Waals surface area contributed by atoms with E-state index in [1.807, 2.05) is 0 Å². The molecule has 1 aromatic carbocycles. The van der Waals surface area contributed by atoms with Crippen molar-refractivity contribution in [1.82, 2.24) is 10.2 Å². The summed E-state index contributed by atoms with van der Waals surface area (Å²) in [7, 11) is 3.16. The van der Waals surface area contributed by atoms with Gasteiger partial charge in [0, 0.05) is 37.7 Å². The minimum atomic E-state index is -0.102. The number of nitrogens with zero attached hydrogens (tertiary/aromatic N) is 2. The Labute approximate surface area is 148 Å². The molecule has 1 aromatic rings. The molecule has 1 aliphatic rings. The Bertz CT molecular complexity index is 593. The summed E-state index contributed by atoms with van der Waals surface area (Å²) in [6.45, 7) is 2.13. The molecule has 0 bridgehead atoms. The molecule has 1 N–H and O–H groups in total. The number of hydrogen-bond acceptors (Lipinski definition) is 5. The molecule has 0 aliphatic carbocycles. The van der Waals surface area contributed by atoms with Crippen LogP contribution in [0.4, 0.5) is 4.79 Å². The van der Waals surface area contributed by atoms with Gasteiger partial charge in [0.05, 0.1) is 26.8 Å². The standard InChI is InChI=1S/C18H25N3O4/c1-23-15-10-16(24-2)12-17(11-15)25-9-7-20-18(22)21-8-3-4-14(13-21)5-6-19/h10-12,14H,3-5,7-9,13H2,1-2H3,(H,20,22). The monoisotopic (exact) mass is 347 g/mol. The van der Waals surface area contributed by atoms with Crippen LogP contribution in [0.15, 0.2) is 18.2 Å². The Kier molecular flexibility index (Phi) is 7.20. The zero-order valence-corrected chi connectivity index (χ0v) is 14.8. The van der Waals surface area contributed by atoms with E-state index in [1.54, 1.807) is 37.3 Å². The number of methoxy groups -OCH3 is 2. The first-order valence-corrected chi connectivity index (χ1v) is 8.42. The Morgan fingerprint density at radius 3 is 2.60 bits per heavy atom. The van der Waals surface area contributed by atoms with E-state index in [9.17, 15) is 4.79 Å². The minimum Gasteiger partial charge on any atom is -0.496 e. The summed E-state index contributed by atoms with van der Waals surface area (Å²) in [5.74, 6) is 2.20. The van der Waals surface area contributed by atoms with Gasteiger partial charge < -0.3 is 24.4 Å². The Morgan fingerprint density at radius 2 is 1.96 bits per heavy atom. The van der Waals surface area contributed by atoms with Gasteiger partial charge >= 0.3 is 6.03 Å². The number of carbonyl (C=O) groups excluding carboxylic acids is 1. The van der Waals surface area contributed by atoms with Crippen molar-refractivity contribution in [3.05, 3.63) is 18.2 Å². The second kappa shape index (κ2) is 9.62. The highest BCUT2D eigenvalue weighted by Gasteiger charge is 2.23. The van der Waals surface area contributed by atoms with E-state index < -0.39 is 0 Å². The van der Waals surface area contributed by atoms with Gasteiger partial charge in [-0.1, -0.05) is 0 Å².